The second kappa shape index (κ2) is 8.41. The number of hydrogen-bond acceptors (Lipinski definition) is 1. The molecule has 0 fully saturated rings. The van der Waals surface area contributed by atoms with Crippen molar-refractivity contribution >= 4 is 43.5 Å². The van der Waals surface area contributed by atoms with Crippen LogP contribution in [0, 0.1) is 12.3 Å². The minimum absolute atomic E-state index is 0.106. The predicted octanol–water partition coefficient (Wildman–Crippen LogP) is 3.60. The molecular weight excluding hydrogens is 343 g/mol. The van der Waals surface area contributed by atoms with Crippen molar-refractivity contribution in [2.24, 2.45) is 0 Å². The summed E-state index contributed by atoms with van der Waals surface area (Å²) in [6.07, 6.45) is 10.3. The lowest BCUT2D eigenvalue weighted by molar-refractivity contribution is 0.213. The van der Waals surface area contributed by atoms with Gasteiger partial charge in [-0.05, 0) is 13.0 Å². The third kappa shape index (κ3) is 5.77. The lowest BCUT2D eigenvalue weighted by Gasteiger charge is -2.20. The van der Waals surface area contributed by atoms with Crippen LogP contribution in [0.5, 0.6) is 0 Å². The van der Waals surface area contributed by atoms with Gasteiger partial charge in [0.25, 0.3) is 0 Å². The van der Waals surface area contributed by atoms with Crippen molar-refractivity contribution in [2.75, 3.05) is 0 Å². The lowest BCUT2D eigenvalue weighted by atomic mass is 10.1. The van der Waals surface area contributed by atoms with Crippen molar-refractivity contribution < 1.29 is 5.11 Å². The van der Waals surface area contributed by atoms with E-state index < -0.39 is 11.5 Å². The van der Waals surface area contributed by atoms with Gasteiger partial charge in [0, 0.05) is 15.7 Å². The highest BCUT2D eigenvalue weighted by Crippen LogP contribution is 2.25. The van der Waals surface area contributed by atoms with Gasteiger partial charge in [0.15, 0.2) is 0 Å². The van der Waals surface area contributed by atoms with E-state index in [2.05, 4.69) is 37.8 Å². The standard InChI is InChI=1S/C11H13Br2ClO/c1-3-5-7-9(13)11(15)10(14)8(12)6-4-2/h2-3,5,7-8,10-11,15H,6H2,1H3/b5-3-,9-7-/t8-,10-,11-/m1/s1. The Labute approximate surface area is 113 Å². The molecule has 0 aromatic rings. The number of terminal acetylenes is 1. The minimum atomic E-state index is -0.763. The smallest absolute Gasteiger partial charge is 0.103 e. The van der Waals surface area contributed by atoms with E-state index in [0.29, 0.717) is 10.9 Å². The molecule has 0 unspecified atom stereocenters. The second-order valence-electron chi connectivity index (χ2n) is 2.89. The number of alkyl halides is 2. The zero-order valence-corrected chi connectivity index (χ0v) is 12.3. The molecule has 4 heteroatoms. The van der Waals surface area contributed by atoms with Gasteiger partial charge in [0.05, 0.1) is 5.38 Å². The summed E-state index contributed by atoms with van der Waals surface area (Å²) in [4.78, 5) is -0.106. The topological polar surface area (TPSA) is 20.2 Å². The van der Waals surface area contributed by atoms with Crippen LogP contribution in [-0.2, 0) is 0 Å². The average molecular weight is 356 g/mol. The molecule has 15 heavy (non-hydrogen) atoms. The average Bonchev–Trinajstić information content (AvgIpc) is 2.24. The van der Waals surface area contributed by atoms with Gasteiger partial charge in [0.1, 0.15) is 6.10 Å². The molecule has 0 aliphatic carbocycles. The minimum Gasteiger partial charge on any atom is -0.386 e. The maximum Gasteiger partial charge on any atom is 0.103 e. The zero-order chi connectivity index (χ0) is 11.8. The first-order valence-electron chi connectivity index (χ1n) is 4.42. The molecule has 0 rings (SSSR count). The molecule has 0 radical (unpaired) electrons. The number of aliphatic hydroxyl groups excluding tert-OH is 1. The van der Waals surface area contributed by atoms with Gasteiger partial charge < -0.3 is 5.11 Å². The number of rotatable bonds is 5. The molecule has 0 amide bonds. The lowest BCUT2D eigenvalue weighted by Crippen LogP contribution is -2.29. The maximum atomic E-state index is 9.83. The van der Waals surface area contributed by atoms with E-state index in [0.717, 1.165) is 0 Å². The monoisotopic (exact) mass is 354 g/mol. The normalized spacial score (nSPS) is 18.5. The molecule has 0 saturated heterocycles. The van der Waals surface area contributed by atoms with Crippen molar-refractivity contribution in [1.29, 1.82) is 0 Å². The summed E-state index contributed by atoms with van der Waals surface area (Å²) in [7, 11) is 0. The molecule has 0 spiro atoms. The molecular formula is C11H13Br2ClO. The highest BCUT2D eigenvalue weighted by atomic mass is 79.9. The van der Waals surface area contributed by atoms with Gasteiger partial charge in [-0.25, -0.2) is 0 Å². The molecule has 0 aromatic carbocycles. The van der Waals surface area contributed by atoms with Crippen LogP contribution in [0.15, 0.2) is 22.7 Å². The summed E-state index contributed by atoms with van der Waals surface area (Å²) in [6.45, 7) is 1.90. The van der Waals surface area contributed by atoms with E-state index in [-0.39, 0.29) is 4.83 Å². The van der Waals surface area contributed by atoms with Crippen LogP contribution in [0.3, 0.4) is 0 Å². The molecule has 0 heterocycles. The SMILES string of the molecule is C#CC[C@@H](Br)[C@@H](Cl)[C@H](O)/C(Br)=C/C=C\C. The van der Waals surface area contributed by atoms with Crippen LogP contribution in [0.2, 0.25) is 0 Å². The van der Waals surface area contributed by atoms with Crippen molar-refractivity contribution in [3.8, 4) is 12.3 Å². The molecule has 1 nitrogen and oxygen atoms in total. The number of halogens is 3. The summed E-state index contributed by atoms with van der Waals surface area (Å²) in [5.41, 5.74) is 0. The van der Waals surface area contributed by atoms with Gasteiger partial charge in [-0.1, -0.05) is 44.0 Å². The summed E-state index contributed by atoms with van der Waals surface area (Å²) < 4.78 is 0.641. The second-order valence-corrected chi connectivity index (χ2v) is 5.49. The Hall–Kier alpha value is 0.250. The van der Waals surface area contributed by atoms with Gasteiger partial charge >= 0.3 is 0 Å². The van der Waals surface area contributed by atoms with Crippen LogP contribution in [-0.4, -0.2) is 21.4 Å². The first-order chi connectivity index (χ1) is 7.04. The summed E-state index contributed by atoms with van der Waals surface area (Å²) in [5.74, 6) is 2.49. The van der Waals surface area contributed by atoms with E-state index >= 15 is 0 Å². The Morgan fingerprint density at radius 3 is 2.73 bits per heavy atom. The van der Waals surface area contributed by atoms with Gasteiger partial charge in [0.2, 0.25) is 0 Å². The van der Waals surface area contributed by atoms with Crippen LogP contribution in [0.4, 0.5) is 0 Å². The van der Waals surface area contributed by atoms with Crippen LogP contribution >= 0.6 is 43.5 Å². The number of aliphatic hydroxyl groups is 1. The number of allylic oxidation sites excluding steroid dienone is 3. The molecule has 3 atom stereocenters. The predicted molar refractivity (Wildman–Crippen MR) is 73.6 cm³/mol. The van der Waals surface area contributed by atoms with E-state index in [9.17, 15) is 5.11 Å². The van der Waals surface area contributed by atoms with E-state index in [1.54, 1.807) is 6.08 Å². The van der Waals surface area contributed by atoms with E-state index in [4.69, 9.17) is 18.0 Å². The highest BCUT2D eigenvalue weighted by Gasteiger charge is 2.25. The first-order valence-corrected chi connectivity index (χ1v) is 6.57. The fourth-order valence-corrected chi connectivity index (χ4v) is 2.15. The Balaban J connectivity index is 4.43. The maximum absolute atomic E-state index is 9.83. The molecule has 0 aliphatic heterocycles. The number of hydrogen-bond donors (Lipinski definition) is 1. The van der Waals surface area contributed by atoms with Crippen molar-refractivity contribution in [3.63, 3.8) is 0 Å². The van der Waals surface area contributed by atoms with Crippen LogP contribution < -0.4 is 0 Å². The van der Waals surface area contributed by atoms with Gasteiger partial charge in [-0.3, -0.25) is 0 Å². The summed E-state index contributed by atoms with van der Waals surface area (Å²) in [5, 5.41) is 9.37. The third-order valence-corrected chi connectivity index (χ3v) is 4.16. The molecule has 0 aliphatic rings. The third-order valence-electron chi connectivity index (χ3n) is 1.69. The fourth-order valence-electron chi connectivity index (χ4n) is 0.862. The van der Waals surface area contributed by atoms with Gasteiger partial charge in [-0.15, -0.1) is 23.9 Å². The van der Waals surface area contributed by atoms with Crippen LogP contribution in [0.25, 0.3) is 0 Å². The molecule has 0 bridgehead atoms. The van der Waals surface area contributed by atoms with E-state index in [1.165, 1.54) is 0 Å². The van der Waals surface area contributed by atoms with Gasteiger partial charge in [-0.2, -0.15) is 0 Å². The molecule has 0 aromatic heterocycles. The largest absolute Gasteiger partial charge is 0.386 e. The highest BCUT2D eigenvalue weighted by molar-refractivity contribution is 9.11. The Kier molecular flexibility index (Phi) is 8.55. The van der Waals surface area contributed by atoms with Crippen LogP contribution in [0.1, 0.15) is 13.3 Å². The summed E-state index contributed by atoms with van der Waals surface area (Å²) in [6, 6.07) is 0. The van der Waals surface area contributed by atoms with Crippen molar-refractivity contribution in [3.05, 3.63) is 22.7 Å². The first kappa shape index (κ1) is 15.2. The molecule has 0 saturated carbocycles. The summed E-state index contributed by atoms with van der Waals surface area (Å²) >= 11 is 12.7. The van der Waals surface area contributed by atoms with Crippen molar-refractivity contribution in [2.45, 2.75) is 29.7 Å². The fraction of sp³-hybridized carbons (Fsp3) is 0.455. The molecule has 84 valence electrons. The Morgan fingerprint density at radius 1 is 1.67 bits per heavy atom. The zero-order valence-electron chi connectivity index (χ0n) is 8.33. The Bertz CT molecular complexity index is 281. The quantitative estimate of drug-likeness (QED) is 0.453. The Morgan fingerprint density at radius 2 is 2.27 bits per heavy atom. The molecule has 1 N–H and O–H groups in total. The van der Waals surface area contributed by atoms with E-state index in [1.807, 2.05) is 19.1 Å². The van der Waals surface area contributed by atoms with Crippen molar-refractivity contribution in [1.82, 2.24) is 0 Å².